The van der Waals surface area contributed by atoms with Gasteiger partial charge in [0.1, 0.15) is 10.8 Å². The van der Waals surface area contributed by atoms with Gasteiger partial charge in [0.2, 0.25) is 0 Å². The molecule has 2 aliphatic heterocycles. The van der Waals surface area contributed by atoms with E-state index in [1.54, 1.807) is 12.1 Å². The molecule has 1 aromatic carbocycles. The molecule has 190 valence electrons. The molecule has 0 radical (unpaired) electrons. The van der Waals surface area contributed by atoms with Crippen LogP contribution in [0.1, 0.15) is 45.9 Å². The van der Waals surface area contributed by atoms with Crippen LogP contribution in [0, 0.1) is 14.8 Å². The molecule has 0 atom stereocenters. The topological polar surface area (TPSA) is 76.7 Å². The Labute approximate surface area is 224 Å². The average molecular weight is 614 g/mol. The SMILES string of the molecule is CN1CCN(CCCNC(=O)c2c(Nc3ccc(I)cc3F)sc3c2CC(C)(C)CNC3=O)CC1. The second-order valence-electron chi connectivity index (χ2n) is 10.1. The molecule has 0 aliphatic carbocycles. The molecular formula is C25H33FIN5O2S. The maximum absolute atomic E-state index is 14.6. The second-order valence-corrected chi connectivity index (χ2v) is 12.4. The Kier molecular flexibility index (Phi) is 8.34. The Balaban J connectivity index is 1.54. The fourth-order valence-electron chi connectivity index (χ4n) is 4.46. The van der Waals surface area contributed by atoms with E-state index >= 15 is 0 Å². The fraction of sp³-hybridized carbons (Fsp3) is 0.520. The van der Waals surface area contributed by atoms with Crippen LogP contribution in [-0.2, 0) is 6.42 Å². The number of likely N-dealkylation sites (N-methyl/N-ethyl adjacent to an activating group) is 1. The lowest BCUT2D eigenvalue weighted by atomic mass is 9.85. The van der Waals surface area contributed by atoms with Gasteiger partial charge in [-0.25, -0.2) is 4.39 Å². The number of halogens is 2. The van der Waals surface area contributed by atoms with Crippen LogP contribution in [0.15, 0.2) is 18.2 Å². The van der Waals surface area contributed by atoms with Crippen LogP contribution in [0.25, 0.3) is 0 Å². The maximum Gasteiger partial charge on any atom is 0.261 e. The first kappa shape index (κ1) is 26.3. The van der Waals surface area contributed by atoms with Gasteiger partial charge in [0.15, 0.2) is 0 Å². The van der Waals surface area contributed by atoms with E-state index in [1.807, 2.05) is 0 Å². The largest absolute Gasteiger partial charge is 0.352 e. The predicted molar refractivity (Wildman–Crippen MR) is 147 cm³/mol. The quantitative estimate of drug-likeness (QED) is 0.326. The molecule has 10 heteroatoms. The minimum Gasteiger partial charge on any atom is -0.352 e. The third-order valence-electron chi connectivity index (χ3n) is 6.54. The van der Waals surface area contributed by atoms with Crippen molar-refractivity contribution in [2.75, 3.05) is 58.2 Å². The lowest BCUT2D eigenvalue weighted by Gasteiger charge is -2.32. The summed E-state index contributed by atoms with van der Waals surface area (Å²) in [5.74, 6) is -0.806. The number of rotatable bonds is 7. The minimum atomic E-state index is -0.399. The molecule has 0 unspecified atom stereocenters. The van der Waals surface area contributed by atoms with Gasteiger partial charge in [-0.1, -0.05) is 13.8 Å². The Morgan fingerprint density at radius 1 is 1.26 bits per heavy atom. The zero-order valence-corrected chi connectivity index (χ0v) is 23.4. The lowest BCUT2D eigenvalue weighted by Crippen LogP contribution is -2.45. The number of fused-ring (bicyclic) bond motifs is 1. The molecule has 0 spiro atoms. The first-order chi connectivity index (χ1) is 16.6. The summed E-state index contributed by atoms with van der Waals surface area (Å²) in [6.07, 6.45) is 1.43. The summed E-state index contributed by atoms with van der Waals surface area (Å²) in [7, 11) is 2.14. The van der Waals surface area contributed by atoms with Gasteiger partial charge in [0.25, 0.3) is 11.8 Å². The number of thiophene rings is 1. The van der Waals surface area contributed by atoms with Crippen molar-refractivity contribution in [2.45, 2.75) is 26.7 Å². The highest BCUT2D eigenvalue weighted by Gasteiger charge is 2.34. The highest BCUT2D eigenvalue weighted by Crippen LogP contribution is 2.40. The van der Waals surface area contributed by atoms with E-state index in [2.05, 4.69) is 69.2 Å². The Morgan fingerprint density at radius 2 is 2.00 bits per heavy atom. The van der Waals surface area contributed by atoms with Crippen molar-refractivity contribution in [1.29, 1.82) is 0 Å². The Morgan fingerprint density at radius 3 is 2.71 bits per heavy atom. The van der Waals surface area contributed by atoms with E-state index in [1.165, 1.54) is 17.4 Å². The van der Waals surface area contributed by atoms with Crippen LogP contribution in [0.2, 0.25) is 0 Å². The summed E-state index contributed by atoms with van der Waals surface area (Å²) in [6, 6.07) is 4.90. The van der Waals surface area contributed by atoms with Crippen LogP contribution in [0.3, 0.4) is 0 Å². The van der Waals surface area contributed by atoms with E-state index in [-0.39, 0.29) is 22.9 Å². The molecule has 3 heterocycles. The standard InChI is InChI=1S/C25H33FIN5O2S/c1-25(2)14-17-20(22(33)28-7-4-8-32-11-9-31(3)10-12-32)24(35-21(17)23(34)29-15-25)30-19-6-5-16(27)13-18(19)26/h5-6,13,30H,4,7-12,14-15H2,1-3H3,(H,28,33)(H,29,34). The molecule has 0 saturated carbocycles. The number of benzene rings is 1. The first-order valence-electron chi connectivity index (χ1n) is 12.0. The minimum absolute atomic E-state index is 0.184. The smallest absolute Gasteiger partial charge is 0.261 e. The van der Waals surface area contributed by atoms with Gasteiger partial charge >= 0.3 is 0 Å². The van der Waals surface area contributed by atoms with Gasteiger partial charge in [-0.3, -0.25) is 9.59 Å². The monoisotopic (exact) mass is 613 g/mol. The summed E-state index contributed by atoms with van der Waals surface area (Å²) in [5.41, 5.74) is 1.27. The van der Waals surface area contributed by atoms with E-state index in [0.717, 1.165) is 48.3 Å². The molecular weight excluding hydrogens is 580 g/mol. The van der Waals surface area contributed by atoms with Gasteiger partial charge in [-0.15, -0.1) is 11.3 Å². The Hall–Kier alpha value is -1.76. The van der Waals surface area contributed by atoms with Crippen LogP contribution in [-0.4, -0.2) is 74.5 Å². The number of anilines is 2. The highest BCUT2D eigenvalue weighted by molar-refractivity contribution is 14.1. The normalized spacial score (nSPS) is 18.5. The number of carbonyl (C=O) groups excluding carboxylic acids is 2. The highest BCUT2D eigenvalue weighted by atomic mass is 127. The molecule has 1 saturated heterocycles. The van der Waals surface area contributed by atoms with E-state index in [9.17, 15) is 14.0 Å². The molecule has 3 N–H and O–H groups in total. The Bertz CT molecular complexity index is 1100. The number of piperazine rings is 1. The van der Waals surface area contributed by atoms with Crippen LogP contribution in [0.4, 0.5) is 15.1 Å². The summed E-state index contributed by atoms with van der Waals surface area (Å²) in [5, 5.41) is 9.64. The van der Waals surface area contributed by atoms with E-state index < -0.39 is 5.82 Å². The van der Waals surface area contributed by atoms with Crippen molar-refractivity contribution in [3.8, 4) is 0 Å². The van der Waals surface area contributed by atoms with Crippen molar-refractivity contribution in [1.82, 2.24) is 20.4 Å². The van der Waals surface area contributed by atoms with Crippen molar-refractivity contribution < 1.29 is 14.0 Å². The van der Waals surface area contributed by atoms with Gasteiger partial charge in [0, 0.05) is 42.8 Å². The average Bonchev–Trinajstić information content (AvgIpc) is 3.10. The zero-order chi connectivity index (χ0) is 25.2. The molecule has 2 aliphatic rings. The number of hydrogen-bond donors (Lipinski definition) is 3. The van der Waals surface area contributed by atoms with Crippen molar-refractivity contribution in [2.24, 2.45) is 5.41 Å². The number of hydrogen-bond acceptors (Lipinski definition) is 6. The van der Waals surface area contributed by atoms with Crippen LogP contribution in [0.5, 0.6) is 0 Å². The van der Waals surface area contributed by atoms with Crippen molar-refractivity contribution >= 4 is 56.4 Å². The van der Waals surface area contributed by atoms with Gasteiger partial charge in [-0.2, -0.15) is 0 Å². The molecule has 2 amide bonds. The van der Waals surface area contributed by atoms with Gasteiger partial charge < -0.3 is 25.8 Å². The lowest BCUT2D eigenvalue weighted by molar-refractivity contribution is 0.0943. The third kappa shape index (κ3) is 6.52. The maximum atomic E-state index is 14.6. The summed E-state index contributed by atoms with van der Waals surface area (Å²) in [4.78, 5) is 31.6. The van der Waals surface area contributed by atoms with Gasteiger partial charge in [0.05, 0.1) is 16.1 Å². The second kappa shape index (κ2) is 11.1. The number of nitrogens with zero attached hydrogens (tertiary/aromatic N) is 2. The fourth-order valence-corrected chi connectivity index (χ4v) is 6.06. The summed E-state index contributed by atoms with van der Waals surface area (Å²) >= 11 is 3.28. The predicted octanol–water partition coefficient (Wildman–Crippen LogP) is 3.91. The van der Waals surface area contributed by atoms with Crippen molar-refractivity contribution in [3.05, 3.63) is 43.6 Å². The van der Waals surface area contributed by atoms with E-state index in [0.29, 0.717) is 35.0 Å². The number of carbonyl (C=O) groups is 2. The molecule has 2 aromatic rings. The molecule has 0 bridgehead atoms. The number of amides is 2. The van der Waals surface area contributed by atoms with Gasteiger partial charge in [-0.05, 0) is 78.2 Å². The molecule has 35 heavy (non-hydrogen) atoms. The van der Waals surface area contributed by atoms with E-state index in [4.69, 9.17) is 0 Å². The summed E-state index contributed by atoms with van der Waals surface area (Å²) < 4.78 is 15.4. The molecule has 1 fully saturated rings. The third-order valence-corrected chi connectivity index (χ3v) is 8.35. The van der Waals surface area contributed by atoms with Crippen LogP contribution >= 0.6 is 33.9 Å². The molecule has 4 rings (SSSR count). The number of nitrogens with one attached hydrogen (secondary N) is 3. The summed E-state index contributed by atoms with van der Waals surface area (Å²) in [6.45, 7) is 10.4. The first-order valence-corrected chi connectivity index (χ1v) is 13.9. The zero-order valence-electron chi connectivity index (χ0n) is 20.5. The van der Waals surface area contributed by atoms with Crippen LogP contribution < -0.4 is 16.0 Å². The molecule has 1 aromatic heterocycles. The molecule has 7 nitrogen and oxygen atoms in total. The van der Waals surface area contributed by atoms with Crippen molar-refractivity contribution in [3.63, 3.8) is 0 Å².